The third-order valence-corrected chi connectivity index (χ3v) is 7.85. The Morgan fingerprint density at radius 1 is 1.08 bits per heavy atom. The molecule has 39 heavy (non-hydrogen) atoms. The fraction of sp³-hybridized carbons (Fsp3) is 0.233. The highest BCUT2D eigenvalue weighted by molar-refractivity contribution is 9.10. The molecule has 0 bridgehead atoms. The summed E-state index contributed by atoms with van der Waals surface area (Å²) in [4.78, 5) is 34.8. The van der Waals surface area contributed by atoms with Crippen molar-refractivity contribution in [2.24, 2.45) is 4.99 Å². The fourth-order valence-corrected chi connectivity index (χ4v) is 5.52. The minimum atomic E-state index is -0.0858. The largest absolute Gasteiger partial charge is 0.489 e. The van der Waals surface area contributed by atoms with Crippen molar-refractivity contribution >= 4 is 56.4 Å². The molecule has 0 atom stereocenters. The van der Waals surface area contributed by atoms with Crippen LogP contribution in [0.3, 0.4) is 0 Å². The van der Waals surface area contributed by atoms with Gasteiger partial charge in [-0.15, -0.1) is 0 Å². The van der Waals surface area contributed by atoms with Gasteiger partial charge in [0, 0.05) is 29.7 Å². The molecule has 2 aliphatic heterocycles. The molecule has 0 N–H and O–H groups in total. The molecule has 2 saturated heterocycles. The zero-order chi connectivity index (χ0) is 27.2. The minimum Gasteiger partial charge on any atom is -0.489 e. The summed E-state index contributed by atoms with van der Waals surface area (Å²) in [5.41, 5.74) is 3.20. The fourth-order valence-electron chi connectivity index (χ4n) is 4.20. The van der Waals surface area contributed by atoms with Crippen molar-refractivity contribution in [1.82, 2.24) is 9.80 Å². The molecule has 0 radical (unpaired) electrons. The Bertz CT molecular complexity index is 1400. The predicted octanol–water partition coefficient (Wildman–Crippen LogP) is 6.12. The molecule has 0 saturated carbocycles. The molecule has 2 fully saturated rings. The number of halogens is 1. The van der Waals surface area contributed by atoms with Crippen molar-refractivity contribution in [1.29, 1.82) is 0 Å². The van der Waals surface area contributed by atoms with Gasteiger partial charge in [-0.05, 0) is 78.4 Å². The highest BCUT2D eigenvalue weighted by atomic mass is 79.9. The van der Waals surface area contributed by atoms with Crippen molar-refractivity contribution in [3.8, 4) is 5.75 Å². The van der Waals surface area contributed by atoms with Gasteiger partial charge in [0.15, 0.2) is 5.17 Å². The number of likely N-dealkylation sites (N-methyl/N-ethyl adjacent to an activating group) is 1. The van der Waals surface area contributed by atoms with E-state index in [-0.39, 0.29) is 11.8 Å². The molecule has 0 aliphatic carbocycles. The van der Waals surface area contributed by atoms with Crippen LogP contribution in [-0.4, -0.2) is 59.6 Å². The highest BCUT2D eigenvalue weighted by Crippen LogP contribution is 2.34. The number of thioether (sulfide) groups is 1. The Balaban J connectivity index is 1.28. The lowest BCUT2D eigenvalue weighted by molar-refractivity contribution is -0.122. The monoisotopic (exact) mass is 605 g/mol. The van der Waals surface area contributed by atoms with E-state index >= 15 is 0 Å². The topological polar surface area (TPSA) is 71.4 Å². The van der Waals surface area contributed by atoms with E-state index in [9.17, 15) is 9.59 Å². The van der Waals surface area contributed by atoms with E-state index in [0.29, 0.717) is 60.8 Å². The predicted molar refractivity (Wildman–Crippen MR) is 158 cm³/mol. The number of amidine groups is 1. The van der Waals surface area contributed by atoms with Gasteiger partial charge >= 0.3 is 0 Å². The standard InChI is InChI=1S/C30H28BrN3O4S/c1-2-34-29(36)27(18-21-8-12-26(13-9-21)38-20-22-6-10-24(31)11-7-22)39-30(34)32-25-5-3-4-23(19-25)28(35)33-14-16-37-17-15-33/h3-13,18-19H,2,14-17,20H2,1H3/b27-18+,32-30?. The van der Waals surface area contributed by atoms with Crippen LogP contribution in [0.5, 0.6) is 5.75 Å². The summed E-state index contributed by atoms with van der Waals surface area (Å²) in [7, 11) is 0. The molecule has 2 aliphatic rings. The van der Waals surface area contributed by atoms with Gasteiger partial charge in [-0.2, -0.15) is 0 Å². The molecule has 3 aromatic rings. The number of hydrogen-bond donors (Lipinski definition) is 0. The van der Waals surface area contributed by atoms with Crippen molar-refractivity contribution in [3.63, 3.8) is 0 Å². The average molecular weight is 607 g/mol. The zero-order valence-corrected chi connectivity index (χ0v) is 23.9. The first-order chi connectivity index (χ1) is 19.0. The first-order valence-corrected chi connectivity index (χ1v) is 14.4. The summed E-state index contributed by atoms with van der Waals surface area (Å²) >= 11 is 4.78. The van der Waals surface area contributed by atoms with Gasteiger partial charge < -0.3 is 14.4 Å². The third kappa shape index (κ3) is 6.79. The summed E-state index contributed by atoms with van der Waals surface area (Å²) in [5, 5.41) is 0.596. The SMILES string of the molecule is CCN1C(=O)/C(=C\c2ccc(OCc3ccc(Br)cc3)cc2)SC1=Nc1cccc(C(=O)N2CCOCC2)c1. The quantitative estimate of drug-likeness (QED) is 0.303. The second-order valence-corrected chi connectivity index (χ2v) is 10.9. The Morgan fingerprint density at radius 2 is 1.82 bits per heavy atom. The lowest BCUT2D eigenvalue weighted by atomic mass is 10.1. The molecule has 2 heterocycles. The second kappa shape index (κ2) is 12.6. The van der Waals surface area contributed by atoms with E-state index in [2.05, 4.69) is 15.9 Å². The van der Waals surface area contributed by atoms with Crippen LogP contribution >= 0.6 is 27.7 Å². The van der Waals surface area contributed by atoms with E-state index in [1.54, 1.807) is 21.9 Å². The first-order valence-electron chi connectivity index (χ1n) is 12.7. The van der Waals surface area contributed by atoms with Crippen LogP contribution in [0.2, 0.25) is 0 Å². The van der Waals surface area contributed by atoms with Crippen molar-refractivity contribution < 1.29 is 19.1 Å². The normalized spacial score (nSPS) is 17.7. The molecule has 0 aromatic heterocycles. The summed E-state index contributed by atoms with van der Waals surface area (Å²) in [6.45, 7) is 5.16. The van der Waals surface area contributed by atoms with Crippen molar-refractivity contribution in [3.05, 3.63) is 98.9 Å². The maximum Gasteiger partial charge on any atom is 0.266 e. The molecule has 0 spiro atoms. The van der Waals surface area contributed by atoms with Gasteiger partial charge in [-0.3, -0.25) is 14.5 Å². The Morgan fingerprint density at radius 3 is 2.54 bits per heavy atom. The van der Waals surface area contributed by atoms with Crippen LogP contribution in [0.15, 0.2) is 87.2 Å². The van der Waals surface area contributed by atoms with Crippen LogP contribution in [0.25, 0.3) is 6.08 Å². The second-order valence-electron chi connectivity index (χ2n) is 8.99. The minimum absolute atomic E-state index is 0.0345. The van der Waals surface area contributed by atoms with Gasteiger partial charge in [0.25, 0.3) is 11.8 Å². The van der Waals surface area contributed by atoms with Gasteiger partial charge in [-0.1, -0.05) is 46.3 Å². The summed E-state index contributed by atoms with van der Waals surface area (Å²) in [5.74, 6) is 0.638. The lowest BCUT2D eigenvalue weighted by Gasteiger charge is -2.26. The third-order valence-electron chi connectivity index (χ3n) is 6.32. The van der Waals surface area contributed by atoms with Crippen LogP contribution in [0.1, 0.15) is 28.4 Å². The summed E-state index contributed by atoms with van der Waals surface area (Å²) < 4.78 is 12.3. The molecular formula is C30H28BrN3O4S. The number of benzene rings is 3. The molecule has 0 unspecified atom stereocenters. The molecule has 9 heteroatoms. The maximum atomic E-state index is 13.1. The number of amides is 2. The van der Waals surface area contributed by atoms with Crippen LogP contribution in [0, 0.1) is 0 Å². The van der Waals surface area contributed by atoms with Gasteiger partial charge in [-0.25, -0.2) is 4.99 Å². The van der Waals surface area contributed by atoms with Crippen LogP contribution in [0.4, 0.5) is 5.69 Å². The zero-order valence-electron chi connectivity index (χ0n) is 21.5. The smallest absolute Gasteiger partial charge is 0.266 e. The van der Waals surface area contributed by atoms with Crippen LogP contribution in [-0.2, 0) is 16.1 Å². The van der Waals surface area contributed by atoms with Gasteiger partial charge in [0.05, 0.1) is 23.8 Å². The van der Waals surface area contributed by atoms with Gasteiger partial charge in [0.2, 0.25) is 0 Å². The number of ether oxygens (including phenoxy) is 2. The lowest BCUT2D eigenvalue weighted by Crippen LogP contribution is -2.40. The number of carbonyl (C=O) groups is 2. The average Bonchev–Trinajstić information content (AvgIpc) is 3.26. The Labute approximate surface area is 240 Å². The van der Waals surface area contributed by atoms with Gasteiger partial charge in [0.1, 0.15) is 12.4 Å². The van der Waals surface area contributed by atoms with E-state index in [0.717, 1.165) is 21.3 Å². The van der Waals surface area contributed by atoms with Crippen LogP contribution < -0.4 is 4.74 Å². The number of morpholine rings is 1. The Kier molecular flexibility index (Phi) is 8.81. The summed E-state index contributed by atoms with van der Waals surface area (Å²) in [6.07, 6.45) is 1.87. The highest BCUT2D eigenvalue weighted by Gasteiger charge is 2.32. The van der Waals surface area contributed by atoms with E-state index in [4.69, 9.17) is 14.5 Å². The summed E-state index contributed by atoms with van der Waals surface area (Å²) in [6, 6.07) is 22.9. The maximum absolute atomic E-state index is 13.1. The van der Waals surface area contributed by atoms with Crippen molar-refractivity contribution in [2.45, 2.75) is 13.5 Å². The molecular weight excluding hydrogens is 578 g/mol. The number of rotatable bonds is 7. The number of hydrogen-bond acceptors (Lipinski definition) is 6. The molecule has 2 amide bonds. The molecule has 7 nitrogen and oxygen atoms in total. The van der Waals surface area contributed by atoms with E-state index in [1.165, 1.54) is 11.8 Å². The number of nitrogens with zero attached hydrogens (tertiary/aromatic N) is 3. The molecule has 3 aromatic carbocycles. The molecule has 5 rings (SSSR count). The van der Waals surface area contributed by atoms with E-state index in [1.807, 2.05) is 73.7 Å². The first kappa shape index (κ1) is 27.2. The van der Waals surface area contributed by atoms with E-state index < -0.39 is 0 Å². The van der Waals surface area contributed by atoms with Crippen molar-refractivity contribution in [2.75, 3.05) is 32.8 Å². The number of aliphatic imine (C=N–C) groups is 1. The molecule has 200 valence electrons. The Hall–Kier alpha value is -3.40. The number of carbonyl (C=O) groups excluding carboxylic acids is 2.